The minimum Gasteiger partial charge on any atom is -0.444 e. The highest BCUT2D eigenvalue weighted by atomic mass is 32.2. The first-order valence-electron chi connectivity index (χ1n) is 16.8. The molecule has 0 saturated heterocycles. The van der Waals surface area contributed by atoms with Crippen molar-refractivity contribution in [3.05, 3.63) is 107 Å². The molecule has 12 heteroatoms. The Kier molecular flexibility index (Phi) is 15.8. The average molecular weight is 702 g/mol. The number of benzene rings is 3. The number of imide groups is 1. The lowest BCUT2D eigenvalue weighted by molar-refractivity contribution is -0.134. The van der Waals surface area contributed by atoms with Gasteiger partial charge in [0.1, 0.15) is 18.2 Å². The Bertz CT molecular complexity index is 1580. The van der Waals surface area contributed by atoms with Crippen molar-refractivity contribution in [1.82, 2.24) is 10.2 Å². The van der Waals surface area contributed by atoms with Crippen molar-refractivity contribution < 1.29 is 36.6 Å². The van der Waals surface area contributed by atoms with Crippen LogP contribution in [0.5, 0.6) is 0 Å². The molecule has 2 amide bonds. The number of hydrogen-bond acceptors (Lipinski definition) is 8. The molecule has 49 heavy (non-hydrogen) atoms. The molecule has 0 aliphatic heterocycles. The summed E-state index contributed by atoms with van der Waals surface area (Å²) in [6.07, 6.45) is -0.208. The third-order valence-electron chi connectivity index (χ3n) is 8.32. The second-order valence-corrected chi connectivity index (χ2v) is 14.6. The average Bonchev–Trinajstić information content (AvgIpc) is 3.06. The van der Waals surface area contributed by atoms with Gasteiger partial charge >= 0.3 is 6.09 Å². The first-order valence-corrected chi connectivity index (χ1v) is 18.5. The molecule has 0 spiro atoms. The van der Waals surface area contributed by atoms with E-state index in [4.69, 9.17) is 10.5 Å². The zero-order valence-electron chi connectivity index (χ0n) is 28.5. The molecule has 9 nitrogen and oxygen atoms in total. The van der Waals surface area contributed by atoms with E-state index in [-0.39, 0.29) is 25.1 Å². The highest BCUT2D eigenvalue weighted by molar-refractivity contribution is 7.92. The van der Waals surface area contributed by atoms with E-state index in [9.17, 15) is 31.9 Å². The molecule has 0 aliphatic carbocycles. The highest BCUT2D eigenvalue weighted by Crippen LogP contribution is 2.21. The first kappa shape index (κ1) is 39.7. The summed E-state index contributed by atoms with van der Waals surface area (Å²) in [5.74, 6) is -3.60. The Labute approximate surface area is 288 Å². The number of aliphatic hydroxyl groups is 1. The van der Waals surface area contributed by atoms with E-state index in [1.165, 1.54) is 0 Å². The van der Waals surface area contributed by atoms with Crippen molar-refractivity contribution in [2.45, 2.75) is 95.9 Å². The van der Waals surface area contributed by atoms with Crippen LogP contribution < -0.4 is 11.1 Å². The van der Waals surface area contributed by atoms with Gasteiger partial charge in [-0.2, -0.15) is 0 Å². The quantitative estimate of drug-likeness (QED) is 0.150. The predicted molar refractivity (Wildman–Crippen MR) is 186 cm³/mol. The summed E-state index contributed by atoms with van der Waals surface area (Å²) in [4.78, 5) is 28.5. The van der Waals surface area contributed by atoms with Gasteiger partial charge in [0.05, 0.1) is 29.2 Å². The van der Waals surface area contributed by atoms with E-state index in [1.807, 2.05) is 45.0 Å². The Balaban J connectivity index is 1.98. The lowest BCUT2D eigenvalue weighted by Crippen LogP contribution is -2.59. The fourth-order valence-corrected chi connectivity index (χ4v) is 7.90. The molecule has 3 atom stereocenters. The molecule has 3 aromatic rings. The number of carbonyl (C=O) groups excluding carboxylic acids is 2. The third-order valence-corrected chi connectivity index (χ3v) is 10.6. The highest BCUT2D eigenvalue weighted by Gasteiger charge is 2.40. The first-order chi connectivity index (χ1) is 23.4. The Morgan fingerprint density at radius 3 is 2.10 bits per heavy atom. The van der Waals surface area contributed by atoms with Crippen molar-refractivity contribution in [2.75, 3.05) is 12.3 Å². The number of nitrogens with one attached hydrogen (secondary N) is 1. The van der Waals surface area contributed by atoms with E-state index in [0.717, 1.165) is 29.7 Å². The number of aliphatic hydroxyl groups excluding tert-OH is 1. The van der Waals surface area contributed by atoms with Gasteiger partial charge in [0.25, 0.3) is 0 Å². The molecule has 0 fully saturated rings. The number of sulfone groups is 1. The summed E-state index contributed by atoms with van der Waals surface area (Å²) in [5.41, 5.74) is 8.98. The van der Waals surface area contributed by atoms with Crippen LogP contribution in [-0.2, 0) is 45.4 Å². The van der Waals surface area contributed by atoms with Crippen LogP contribution in [0.25, 0.3) is 0 Å². The van der Waals surface area contributed by atoms with Gasteiger partial charge in [-0.3, -0.25) is 4.79 Å². The van der Waals surface area contributed by atoms with E-state index in [0.29, 0.717) is 48.8 Å². The molecular formula is C37H49F2N3O6S. The molecule has 0 saturated carbocycles. The second-order valence-electron chi connectivity index (χ2n) is 12.3. The molecule has 0 radical (unpaired) electrons. The van der Waals surface area contributed by atoms with Crippen LogP contribution in [0.3, 0.4) is 0 Å². The standard InChI is InChI=1S/C37H49F2N3O6S/c1-4-11-32(12-5-2)49(46,47)25-33(40)36(44)42(37(45)48-24-27-13-8-7-9-14-27)34(20-29-18-30(38)21-31(39)19-29)35(43)23-41-22-28-16-10-15-26(6-3)17-28/h7-10,13-19,21,32-35,41,43H,4-6,11-12,20,22-25,40H2,1-3H3/t33-,34-,35+/m0/s1. The topological polar surface area (TPSA) is 139 Å². The van der Waals surface area contributed by atoms with Gasteiger partial charge in [0.15, 0.2) is 9.84 Å². The number of ether oxygens (including phenoxy) is 1. The minimum atomic E-state index is -3.87. The Morgan fingerprint density at radius 1 is 0.878 bits per heavy atom. The molecule has 4 N–H and O–H groups in total. The van der Waals surface area contributed by atoms with E-state index < -0.39 is 62.7 Å². The number of halogens is 2. The maximum absolute atomic E-state index is 14.3. The lowest BCUT2D eigenvalue weighted by atomic mass is 9.98. The second kappa shape index (κ2) is 19.5. The zero-order chi connectivity index (χ0) is 36.0. The molecule has 268 valence electrons. The van der Waals surface area contributed by atoms with Gasteiger partial charge < -0.3 is 20.9 Å². The fraction of sp³-hybridized carbons (Fsp3) is 0.459. The summed E-state index contributed by atoms with van der Waals surface area (Å²) in [7, 11) is -3.87. The zero-order valence-corrected chi connectivity index (χ0v) is 29.3. The number of carbonyl (C=O) groups is 2. The number of aryl methyl sites for hydroxylation is 1. The summed E-state index contributed by atoms with van der Waals surface area (Å²) in [5, 5.41) is 14.0. The smallest absolute Gasteiger partial charge is 0.417 e. The number of nitrogens with two attached hydrogens (primary N) is 1. The van der Waals surface area contributed by atoms with Crippen LogP contribution in [-0.4, -0.2) is 66.2 Å². The van der Waals surface area contributed by atoms with Crippen molar-refractivity contribution in [1.29, 1.82) is 0 Å². The molecule has 0 heterocycles. The SMILES string of the molecule is CCCC(CCC)S(=O)(=O)C[C@H](N)C(=O)N(C(=O)OCc1ccccc1)[C@@H](Cc1cc(F)cc(F)c1)[C@H](O)CNCc1cccc(CC)c1. The monoisotopic (exact) mass is 701 g/mol. The minimum absolute atomic E-state index is 0.0537. The molecule has 0 bridgehead atoms. The number of rotatable bonds is 19. The summed E-state index contributed by atoms with van der Waals surface area (Å²) >= 11 is 0. The van der Waals surface area contributed by atoms with Crippen molar-refractivity contribution in [2.24, 2.45) is 5.73 Å². The largest absolute Gasteiger partial charge is 0.444 e. The molecule has 0 unspecified atom stereocenters. The van der Waals surface area contributed by atoms with Gasteiger partial charge in [-0.25, -0.2) is 26.9 Å². The van der Waals surface area contributed by atoms with Gasteiger partial charge in [-0.1, -0.05) is 88.2 Å². The maximum atomic E-state index is 14.3. The number of hydrogen-bond donors (Lipinski definition) is 3. The summed E-state index contributed by atoms with van der Waals surface area (Å²) in [6, 6.07) is 16.1. The van der Waals surface area contributed by atoms with Crippen molar-refractivity contribution >= 4 is 21.8 Å². The Morgan fingerprint density at radius 2 is 1.49 bits per heavy atom. The van der Waals surface area contributed by atoms with Crippen LogP contribution in [0.15, 0.2) is 72.8 Å². The van der Waals surface area contributed by atoms with Crippen molar-refractivity contribution in [3.63, 3.8) is 0 Å². The molecule has 3 aromatic carbocycles. The van der Waals surface area contributed by atoms with Gasteiger partial charge in [-0.05, 0) is 60.1 Å². The van der Waals surface area contributed by atoms with Crippen LogP contribution in [0, 0.1) is 11.6 Å². The number of nitrogens with zero attached hydrogens (tertiary/aromatic N) is 1. The summed E-state index contributed by atoms with van der Waals surface area (Å²) < 4.78 is 60.9. The predicted octanol–water partition coefficient (Wildman–Crippen LogP) is 5.47. The number of amides is 2. The molecular weight excluding hydrogens is 652 g/mol. The normalized spacial score (nSPS) is 13.6. The van der Waals surface area contributed by atoms with Crippen LogP contribution in [0.1, 0.15) is 68.7 Å². The molecule has 3 rings (SSSR count). The van der Waals surface area contributed by atoms with Crippen LogP contribution in [0.4, 0.5) is 13.6 Å². The van der Waals surface area contributed by atoms with Gasteiger partial charge in [0.2, 0.25) is 5.91 Å². The van der Waals surface area contributed by atoms with Gasteiger partial charge in [0, 0.05) is 19.2 Å². The van der Waals surface area contributed by atoms with E-state index in [1.54, 1.807) is 30.3 Å². The van der Waals surface area contributed by atoms with Crippen LogP contribution >= 0.6 is 0 Å². The van der Waals surface area contributed by atoms with Gasteiger partial charge in [-0.15, -0.1) is 0 Å². The van der Waals surface area contributed by atoms with Crippen molar-refractivity contribution in [3.8, 4) is 0 Å². The maximum Gasteiger partial charge on any atom is 0.417 e. The van der Waals surface area contributed by atoms with E-state index in [2.05, 4.69) is 5.32 Å². The molecule has 0 aromatic heterocycles. The third kappa shape index (κ3) is 12.3. The summed E-state index contributed by atoms with van der Waals surface area (Å²) in [6.45, 7) is 5.72. The Hall–Kier alpha value is -3.71. The lowest BCUT2D eigenvalue weighted by Gasteiger charge is -2.34. The molecule has 0 aliphatic rings. The van der Waals surface area contributed by atoms with Crippen LogP contribution in [0.2, 0.25) is 0 Å². The van der Waals surface area contributed by atoms with E-state index >= 15 is 0 Å². The fourth-order valence-electron chi connectivity index (χ4n) is 5.79.